The average Bonchev–Trinajstić information content (AvgIpc) is 2.53. The quantitative estimate of drug-likeness (QED) is 0.937. The van der Waals surface area contributed by atoms with Crippen LogP contribution in [0.2, 0.25) is 0 Å². The number of rotatable bonds is 4. The fraction of sp³-hybridized carbons (Fsp3) is 0.533. The molecule has 1 saturated heterocycles. The van der Waals surface area contributed by atoms with Crippen molar-refractivity contribution in [1.82, 2.24) is 19.9 Å². The molecule has 0 saturated carbocycles. The third-order valence-electron chi connectivity index (χ3n) is 4.11. The summed E-state index contributed by atoms with van der Waals surface area (Å²) in [5.74, 6) is 1.07. The molecule has 1 aliphatic heterocycles. The molecule has 2 aromatic rings. The largest absolute Gasteiger partial charge is 0.401 e. The number of aromatic nitrogens is 3. The summed E-state index contributed by atoms with van der Waals surface area (Å²) in [7, 11) is 0. The topological polar surface area (TPSA) is 53.9 Å². The van der Waals surface area contributed by atoms with E-state index in [9.17, 15) is 13.2 Å². The number of nitrogens with zero attached hydrogens (tertiary/aromatic N) is 4. The van der Waals surface area contributed by atoms with Gasteiger partial charge in [-0.15, -0.1) is 0 Å². The van der Waals surface area contributed by atoms with E-state index in [0.29, 0.717) is 25.6 Å². The lowest BCUT2D eigenvalue weighted by atomic mass is 9.97. The Morgan fingerprint density at radius 3 is 2.74 bits per heavy atom. The van der Waals surface area contributed by atoms with Crippen LogP contribution in [-0.4, -0.2) is 52.2 Å². The molecule has 8 heteroatoms. The van der Waals surface area contributed by atoms with Gasteiger partial charge in [0.25, 0.3) is 0 Å². The molecule has 0 unspecified atom stereocenters. The van der Waals surface area contributed by atoms with Crippen LogP contribution in [0.5, 0.6) is 0 Å². The first kappa shape index (κ1) is 15.9. The summed E-state index contributed by atoms with van der Waals surface area (Å²) in [6.07, 6.45) is 2.28. The highest BCUT2D eigenvalue weighted by atomic mass is 19.4. The van der Waals surface area contributed by atoms with E-state index in [1.807, 2.05) is 6.07 Å². The van der Waals surface area contributed by atoms with Crippen molar-refractivity contribution in [1.29, 1.82) is 0 Å². The maximum atomic E-state index is 12.4. The van der Waals surface area contributed by atoms with Gasteiger partial charge in [-0.25, -0.2) is 9.97 Å². The van der Waals surface area contributed by atoms with E-state index < -0.39 is 12.7 Å². The number of alkyl halides is 3. The number of anilines is 1. The number of piperidine rings is 1. The molecule has 0 spiro atoms. The first-order valence-corrected chi connectivity index (χ1v) is 7.59. The van der Waals surface area contributed by atoms with Crippen LogP contribution in [0.25, 0.3) is 10.9 Å². The van der Waals surface area contributed by atoms with Gasteiger partial charge >= 0.3 is 6.18 Å². The molecule has 23 heavy (non-hydrogen) atoms. The van der Waals surface area contributed by atoms with Gasteiger partial charge < -0.3 is 5.32 Å². The molecule has 0 aliphatic carbocycles. The zero-order chi connectivity index (χ0) is 16.3. The van der Waals surface area contributed by atoms with Gasteiger partial charge in [-0.2, -0.15) is 13.2 Å². The summed E-state index contributed by atoms with van der Waals surface area (Å²) in [6.45, 7) is 0.853. The number of halogens is 3. The van der Waals surface area contributed by atoms with Gasteiger partial charge in [-0.3, -0.25) is 9.88 Å². The predicted molar refractivity (Wildman–Crippen MR) is 81.0 cm³/mol. The Morgan fingerprint density at radius 2 is 2.00 bits per heavy atom. The molecule has 1 aliphatic rings. The van der Waals surface area contributed by atoms with E-state index in [1.54, 1.807) is 12.4 Å². The number of fused-ring (bicyclic) bond motifs is 1. The Hall–Kier alpha value is -1.96. The maximum Gasteiger partial charge on any atom is 0.401 e. The zero-order valence-electron chi connectivity index (χ0n) is 12.6. The number of hydrogen-bond donors (Lipinski definition) is 1. The van der Waals surface area contributed by atoms with Crippen molar-refractivity contribution in [3.63, 3.8) is 0 Å². The predicted octanol–water partition coefficient (Wildman–Crippen LogP) is 2.71. The van der Waals surface area contributed by atoms with E-state index in [4.69, 9.17) is 0 Å². The molecule has 124 valence electrons. The SMILES string of the molecule is FC(F)(F)CN1CCC(CNc2ncnc3ccncc23)CC1. The van der Waals surface area contributed by atoms with Gasteiger partial charge in [-0.1, -0.05) is 0 Å². The molecule has 0 radical (unpaired) electrons. The lowest BCUT2D eigenvalue weighted by Gasteiger charge is -2.32. The van der Waals surface area contributed by atoms with E-state index in [2.05, 4.69) is 20.3 Å². The zero-order valence-corrected chi connectivity index (χ0v) is 12.6. The highest BCUT2D eigenvalue weighted by Crippen LogP contribution is 2.23. The van der Waals surface area contributed by atoms with Gasteiger partial charge in [0.1, 0.15) is 12.1 Å². The van der Waals surface area contributed by atoms with Gasteiger partial charge in [0, 0.05) is 18.9 Å². The van der Waals surface area contributed by atoms with Gasteiger partial charge in [0.2, 0.25) is 0 Å². The third kappa shape index (κ3) is 4.28. The van der Waals surface area contributed by atoms with Crippen LogP contribution >= 0.6 is 0 Å². The lowest BCUT2D eigenvalue weighted by Crippen LogP contribution is -2.41. The van der Waals surface area contributed by atoms with E-state index >= 15 is 0 Å². The van der Waals surface area contributed by atoms with Crippen molar-refractivity contribution in [2.45, 2.75) is 19.0 Å². The minimum Gasteiger partial charge on any atom is -0.369 e. The fourth-order valence-corrected chi connectivity index (χ4v) is 2.88. The summed E-state index contributed by atoms with van der Waals surface area (Å²) in [5, 5.41) is 4.14. The summed E-state index contributed by atoms with van der Waals surface area (Å²) < 4.78 is 37.1. The number of likely N-dealkylation sites (tertiary alicyclic amines) is 1. The van der Waals surface area contributed by atoms with Crippen molar-refractivity contribution < 1.29 is 13.2 Å². The summed E-state index contributed by atoms with van der Waals surface area (Å²) in [6, 6.07) is 1.82. The summed E-state index contributed by atoms with van der Waals surface area (Å²) >= 11 is 0. The van der Waals surface area contributed by atoms with Crippen LogP contribution < -0.4 is 5.32 Å². The Labute approximate surface area is 131 Å². The second kappa shape index (κ2) is 6.66. The molecule has 1 fully saturated rings. The van der Waals surface area contributed by atoms with E-state index in [-0.39, 0.29) is 0 Å². The first-order valence-electron chi connectivity index (χ1n) is 7.59. The van der Waals surface area contributed by atoms with E-state index in [0.717, 1.165) is 29.6 Å². The molecule has 1 N–H and O–H groups in total. The van der Waals surface area contributed by atoms with Gasteiger partial charge in [-0.05, 0) is 37.9 Å². The Morgan fingerprint density at radius 1 is 1.22 bits per heavy atom. The van der Waals surface area contributed by atoms with Gasteiger partial charge in [0.05, 0.1) is 17.4 Å². The van der Waals surface area contributed by atoms with Crippen molar-refractivity contribution in [2.24, 2.45) is 5.92 Å². The maximum absolute atomic E-state index is 12.4. The van der Waals surface area contributed by atoms with Crippen LogP contribution in [-0.2, 0) is 0 Å². The van der Waals surface area contributed by atoms with Crippen molar-refractivity contribution >= 4 is 16.7 Å². The van der Waals surface area contributed by atoms with Crippen LogP contribution in [0.1, 0.15) is 12.8 Å². The van der Waals surface area contributed by atoms with Crippen LogP contribution in [0.3, 0.4) is 0 Å². The summed E-state index contributed by atoms with van der Waals surface area (Å²) in [4.78, 5) is 14.0. The Bertz CT molecular complexity index is 648. The molecule has 0 bridgehead atoms. The normalized spacial score (nSPS) is 17.5. The average molecular weight is 325 g/mol. The molecular weight excluding hydrogens is 307 g/mol. The summed E-state index contributed by atoms with van der Waals surface area (Å²) in [5.41, 5.74) is 0.817. The minimum atomic E-state index is -4.11. The Kier molecular flexibility index (Phi) is 4.61. The van der Waals surface area contributed by atoms with Crippen LogP contribution in [0, 0.1) is 5.92 Å². The lowest BCUT2D eigenvalue weighted by molar-refractivity contribution is -0.148. The highest BCUT2D eigenvalue weighted by molar-refractivity contribution is 5.87. The first-order chi connectivity index (χ1) is 11.0. The van der Waals surface area contributed by atoms with E-state index in [1.165, 1.54) is 11.2 Å². The van der Waals surface area contributed by atoms with Crippen molar-refractivity contribution in [2.75, 3.05) is 31.5 Å². The molecular formula is C15H18F3N5. The molecule has 0 amide bonds. The smallest absolute Gasteiger partial charge is 0.369 e. The molecule has 3 rings (SSSR count). The van der Waals surface area contributed by atoms with Gasteiger partial charge in [0.15, 0.2) is 0 Å². The van der Waals surface area contributed by atoms with Crippen molar-refractivity contribution in [3.05, 3.63) is 24.8 Å². The third-order valence-corrected chi connectivity index (χ3v) is 4.11. The fourth-order valence-electron chi connectivity index (χ4n) is 2.88. The van der Waals surface area contributed by atoms with Crippen molar-refractivity contribution in [3.8, 4) is 0 Å². The van der Waals surface area contributed by atoms with Crippen LogP contribution in [0.4, 0.5) is 19.0 Å². The molecule has 3 heterocycles. The molecule has 0 atom stereocenters. The van der Waals surface area contributed by atoms with Crippen LogP contribution in [0.15, 0.2) is 24.8 Å². The monoisotopic (exact) mass is 325 g/mol. The second-order valence-corrected chi connectivity index (χ2v) is 5.83. The number of pyridine rings is 1. The minimum absolute atomic E-state index is 0.348. The molecule has 5 nitrogen and oxygen atoms in total. The number of hydrogen-bond acceptors (Lipinski definition) is 5. The standard InChI is InChI=1S/C15H18F3N5/c16-15(17,18)9-23-5-2-11(3-6-23)7-20-14-12-8-19-4-1-13(12)21-10-22-14/h1,4,8,10-11H,2-3,5-7,9H2,(H,20,21,22). The second-order valence-electron chi connectivity index (χ2n) is 5.83. The molecule has 2 aromatic heterocycles. The Balaban J connectivity index is 1.53. The number of nitrogens with one attached hydrogen (secondary N) is 1. The molecule has 0 aromatic carbocycles. The highest BCUT2D eigenvalue weighted by Gasteiger charge is 2.32.